The Hall–Kier alpha value is -2.26. The number of rotatable bonds is 3. The molecule has 2 aromatic rings. The molecule has 0 unspecified atom stereocenters. The maximum absolute atomic E-state index is 13.0. The van der Waals surface area contributed by atoms with E-state index in [0.29, 0.717) is 6.21 Å². The lowest BCUT2D eigenvalue weighted by molar-refractivity contribution is -0.142. The second-order valence-electron chi connectivity index (χ2n) is 4.05. The van der Waals surface area contributed by atoms with Crippen LogP contribution in [0.2, 0.25) is 10.0 Å². The van der Waals surface area contributed by atoms with Crippen molar-refractivity contribution in [2.75, 3.05) is 0 Å². The van der Waals surface area contributed by atoms with Crippen LogP contribution in [0.25, 0.3) is 0 Å². The van der Waals surface area contributed by atoms with Gasteiger partial charge in [-0.25, -0.2) is 4.98 Å². The molecule has 0 aliphatic heterocycles. The summed E-state index contributed by atoms with van der Waals surface area (Å²) in [6.07, 6.45) is -4.43. The van der Waals surface area contributed by atoms with Crippen LogP contribution in [0.5, 0.6) is 11.5 Å². The molecule has 0 atom stereocenters. The van der Waals surface area contributed by atoms with Crippen LogP contribution in [-0.2, 0) is 6.18 Å². The molecule has 0 aliphatic carbocycles. The van der Waals surface area contributed by atoms with Crippen LogP contribution in [-0.4, -0.2) is 21.4 Å². The summed E-state index contributed by atoms with van der Waals surface area (Å²) >= 11 is 11.4. The molecular weight excluding hydrogens is 362 g/mol. The van der Waals surface area contributed by atoms with Gasteiger partial charge in [-0.15, -0.1) is 0 Å². The highest BCUT2D eigenvalue weighted by atomic mass is 35.5. The third-order valence-electron chi connectivity index (χ3n) is 2.45. The van der Waals surface area contributed by atoms with E-state index in [1.165, 1.54) is 12.1 Å². The molecule has 2 N–H and O–H groups in total. The Kier molecular flexibility index (Phi) is 4.81. The van der Waals surface area contributed by atoms with Crippen LogP contribution in [0, 0.1) is 0 Å². The number of halogens is 5. The second-order valence-corrected chi connectivity index (χ2v) is 4.86. The Morgan fingerprint density at radius 1 is 1.30 bits per heavy atom. The fourth-order valence-corrected chi connectivity index (χ4v) is 1.83. The molecule has 0 saturated carbocycles. The zero-order valence-electron chi connectivity index (χ0n) is 10.9. The molecule has 0 spiro atoms. The highest BCUT2D eigenvalue weighted by molar-refractivity contribution is 6.42. The zero-order valence-corrected chi connectivity index (χ0v) is 12.4. The van der Waals surface area contributed by atoms with Crippen molar-refractivity contribution in [3.63, 3.8) is 0 Å². The Morgan fingerprint density at radius 3 is 2.57 bits per heavy atom. The average Bonchev–Trinajstić information content (AvgIpc) is 2.44. The highest BCUT2D eigenvalue weighted by Gasteiger charge is 2.39. The molecule has 23 heavy (non-hydrogen) atoms. The molecule has 0 fully saturated rings. The van der Waals surface area contributed by atoms with Gasteiger partial charge in [-0.05, 0) is 12.1 Å². The average molecular weight is 368 g/mol. The van der Waals surface area contributed by atoms with Crippen LogP contribution in [0.1, 0.15) is 11.5 Å². The number of hydrogen-bond donors (Lipinski definition) is 2. The van der Waals surface area contributed by atoms with Crippen molar-refractivity contribution < 1.29 is 23.1 Å². The van der Waals surface area contributed by atoms with Crippen LogP contribution >= 0.6 is 23.2 Å². The lowest BCUT2D eigenvalue weighted by Crippen LogP contribution is -2.21. The van der Waals surface area contributed by atoms with Crippen molar-refractivity contribution in [3.8, 4) is 11.5 Å². The van der Waals surface area contributed by atoms with Crippen molar-refractivity contribution in [3.05, 3.63) is 50.1 Å². The van der Waals surface area contributed by atoms with E-state index in [1.807, 2.05) is 4.98 Å². The van der Waals surface area contributed by atoms with Gasteiger partial charge in [0, 0.05) is 6.07 Å². The Labute approximate surface area is 136 Å². The fourth-order valence-electron chi connectivity index (χ4n) is 1.54. The zero-order chi connectivity index (χ0) is 17.2. The first-order chi connectivity index (χ1) is 10.7. The molecule has 1 heterocycles. The van der Waals surface area contributed by atoms with E-state index in [-0.39, 0.29) is 15.8 Å². The van der Waals surface area contributed by atoms with Gasteiger partial charge < -0.3 is 14.9 Å². The number of nitrogens with one attached hydrogen (secondary N) is 1. The minimum Gasteiger partial charge on any atom is -0.449 e. The number of benzene rings is 1. The Balaban J connectivity index is 2.56. The summed E-state index contributed by atoms with van der Waals surface area (Å²) in [7, 11) is 0. The first-order valence-corrected chi connectivity index (χ1v) is 6.50. The van der Waals surface area contributed by atoms with E-state index in [0.717, 1.165) is 6.07 Å². The first-order valence-electron chi connectivity index (χ1n) is 5.74. The summed E-state index contributed by atoms with van der Waals surface area (Å²) in [5.41, 5.74) is -2.80. The summed E-state index contributed by atoms with van der Waals surface area (Å²) in [6.45, 7) is 0. The molecule has 0 saturated heterocycles. The number of aromatic nitrogens is 2. The topological polar surface area (TPSA) is 87.6 Å². The van der Waals surface area contributed by atoms with Gasteiger partial charge in [0.1, 0.15) is 12.0 Å². The fraction of sp³-hybridized carbons (Fsp3) is 0.0833. The smallest absolute Gasteiger partial charge is 0.437 e. The molecule has 6 nitrogen and oxygen atoms in total. The maximum Gasteiger partial charge on any atom is 0.437 e. The monoisotopic (exact) mass is 367 g/mol. The molecule has 0 aliphatic rings. The first kappa shape index (κ1) is 17.1. The van der Waals surface area contributed by atoms with E-state index in [2.05, 4.69) is 10.1 Å². The number of alkyl halides is 3. The van der Waals surface area contributed by atoms with Crippen LogP contribution in [0.15, 0.2) is 28.1 Å². The molecular formula is C12H6Cl2F3N3O3. The summed E-state index contributed by atoms with van der Waals surface area (Å²) in [5, 5.41) is 11.0. The van der Waals surface area contributed by atoms with E-state index in [9.17, 15) is 18.0 Å². The molecule has 1 aromatic heterocycles. The van der Waals surface area contributed by atoms with Crippen LogP contribution in [0.4, 0.5) is 13.2 Å². The standard InChI is InChI=1S/C12H6Cl2F3N3O3/c13-6-2-1-5(3-7(6)14)23-9-10(12(15,16)17)19-8(4-18-22)20-11(9)21/h1-4,22H,(H,19,20,21). The number of H-pyrrole nitrogens is 1. The van der Waals surface area contributed by atoms with Crippen molar-refractivity contribution in [2.24, 2.45) is 5.16 Å². The summed E-state index contributed by atoms with van der Waals surface area (Å²) in [4.78, 5) is 16.9. The van der Waals surface area contributed by atoms with E-state index in [1.54, 1.807) is 0 Å². The predicted molar refractivity (Wildman–Crippen MR) is 75.8 cm³/mol. The Bertz CT molecular complexity index is 821. The number of ether oxygens (including phenoxy) is 1. The van der Waals surface area contributed by atoms with E-state index < -0.39 is 29.0 Å². The molecule has 0 radical (unpaired) electrons. The predicted octanol–water partition coefficient (Wildman–Crippen LogP) is 3.70. The second kappa shape index (κ2) is 6.47. The quantitative estimate of drug-likeness (QED) is 0.491. The number of nitrogens with zero attached hydrogens (tertiary/aromatic N) is 2. The van der Waals surface area contributed by atoms with Crippen LogP contribution < -0.4 is 10.3 Å². The molecule has 1 aromatic carbocycles. The third-order valence-corrected chi connectivity index (χ3v) is 3.19. The van der Waals surface area contributed by atoms with E-state index in [4.69, 9.17) is 33.1 Å². The summed E-state index contributed by atoms with van der Waals surface area (Å²) < 4.78 is 44.1. The van der Waals surface area contributed by atoms with Gasteiger partial charge in [0.2, 0.25) is 5.75 Å². The number of aromatic amines is 1. The van der Waals surface area contributed by atoms with Gasteiger partial charge in [0.25, 0.3) is 5.56 Å². The molecule has 2 rings (SSSR count). The number of oxime groups is 1. The number of hydrogen-bond acceptors (Lipinski definition) is 5. The maximum atomic E-state index is 13.0. The lowest BCUT2D eigenvalue weighted by Gasteiger charge is -2.12. The third kappa shape index (κ3) is 3.93. The minimum absolute atomic E-state index is 0.0335. The van der Waals surface area contributed by atoms with Crippen LogP contribution in [0.3, 0.4) is 0 Å². The molecule has 0 bridgehead atoms. The minimum atomic E-state index is -4.97. The van der Waals surface area contributed by atoms with Crippen molar-refractivity contribution in [1.82, 2.24) is 9.97 Å². The van der Waals surface area contributed by atoms with Gasteiger partial charge in [-0.2, -0.15) is 13.2 Å². The van der Waals surface area contributed by atoms with Gasteiger partial charge in [-0.1, -0.05) is 28.4 Å². The molecule has 0 amide bonds. The van der Waals surface area contributed by atoms with Crippen molar-refractivity contribution in [2.45, 2.75) is 6.18 Å². The highest BCUT2D eigenvalue weighted by Crippen LogP contribution is 2.35. The lowest BCUT2D eigenvalue weighted by atomic mass is 10.3. The van der Waals surface area contributed by atoms with Gasteiger partial charge in [0.05, 0.1) is 10.0 Å². The largest absolute Gasteiger partial charge is 0.449 e. The normalized spacial score (nSPS) is 11.9. The summed E-state index contributed by atoms with van der Waals surface area (Å²) in [6, 6.07) is 3.67. The molecule has 11 heteroatoms. The van der Waals surface area contributed by atoms with Crippen molar-refractivity contribution >= 4 is 29.4 Å². The summed E-state index contributed by atoms with van der Waals surface area (Å²) in [5.74, 6) is -1.81. The van der Waals surface area contributed by atoms with E-state index >= 15 is 0 Å². The SMILES string of the molecule is O=c1[nH]c(C=NO)nc(C(F)(F)F)c1Oc1ccc(Cl)c(Cl)c1. The van der Waals surface area contributed by atoms with Crippen molar-refractivity contribution in [1.29, 1.82) is 0 Å². The molecule has 122 valence electrons. The van der Waals surface area contributed by atoms with Gasteiger partial charge >= 0.3 is 6.18 Å². The van der Waals surface area contributed by atoms with Gasteiger partial charge in [0.15, 0.2) is 11.5 Å². The van der Waals surface area contributed by atoms with Gasteiger partial charge in [-0.3, -0.25) is 4.79 Å². The Morgan fingerprint density at radius 2 is 2.00 bits per heavy atom.